The fourth-order valence-electron chi connectivity index (χ4n) is 1.34. The molecule has 0 aliphatic heterocycles. The monoisotopic (exact) mass is 219 g/mol. The number of hydrogen-bond acceptors (Lipinski definition) is 4. The van der Waals surface area contributed by atoms with Gasteiger partial charge in [-0.25, -0.2) is 9.48 Å². The van der Waals surface area contributed by atoms with Gasteiger partial charge < -0.3 is 10.2 Å². The van der Waals surface area contributed by atoms with E-state index in [0.29, 0.717) is 11.4 Å². The first kappa shape index (κ1) is 10.3. The molecule has 2 aromatic rings. The highest BCUT2D eigenvalue weighted by molar-refractivity contribution is 5.91. The number of nitrogens with zero attached hydrogens (tertiary/aromatic N) is 3. The Bertz CT molecular complexity index is 522. The van der Waals surface area contributed by atoms with Crippen LogP contribution in [0.3, 0.4) is 0 Å². The third-order valence-electron chi connectivity index (χ3n) is 2.08. The maximum Gasteiger partial charge on any atom is 0.337 e. The van der Waals surface area contributed by atoms with Gasteiger partial charge in [0, 0.05) is 0 Å². The van der Waals surface area contributed by atoms with Crippen molar-refractivity contribution in [1.29, 1.82) is 0 Å². The molecule has 0 aliphatic carbocycles. The first-order valence-electron chi connectivity index (χ1n) is 4.57. The van der Waals surface area contributed by atoms with Crippen LogP contribution in [0, 0.1) is 0 Å². The van der Waals surface area contributed by atoms with E-state index in [1.165, 1.54) is 16.9 Å². The van der Waals surface area contributed by atoms with Crippen molar-refractivity contribution in [2.24, 2.45) is 0 Å². The number of para-hydroxylation sites is 1. The lowest BCUT2D eigenvalue weighted by Crippen LogP contribution is -2.05. The summed E-state index contributed by atoms with van der Waals surface area (Å²) in [7, 11) is 0. The fourth-order valence-corrected chi connectivity index (χ4v) is 1.34. The van der Waals surface area contributed by atoms with Crippen LogP contribution >= 0.6 is 0 Å². The van der Waals surface area contributed by atoms with E-state index < -0.39 is 5.97 Å². The van der Waals surface area contributed by atoms with Crippen LogP contribution < -0.4 is 0 Å². The van der Waals surface area contributed by atoms with Gasteiger partial charge in [0.1, 0.15) is 5.69 Å². The van der Waals surface area contributed by atoms with Crippen molar-refractivity contribution >= 4 is 5.97 Å². The van der Waals surface area contributed by atoms with Crippen molar-refractivity contribution < 1.29 is 15.0 Å². The van der Waals surface area contributed by atoms with Crippen molar-refractivity contribution in [3.8, 4) is 5.69 Å². The number of aliphatic hydroxyl groups is 1. The van der Waals surface area contributed by atoms with E-state index in [0.717, 1.165) is 0 Å². The lowest BCUT2D eigenvalue weighted by Gasteiger charge is -2.03. The highest BCUT2D eigenvalue weighted by Gasteiger charge is 2.11. The summed E-state index contributed by atoms with van der Waals surface area (Å²) >= 11 is 0. The van der Waals surface area contributed by atoms with Gasteiger partial charge in [0.25, 0.3) is 0 Å². The molecule has 2 rings (SSSR count). The van der Waals surface area contributed by atoms with Crippen molar-refractivity contribution in [1.82, 2.24) is 15.0 Å². The first-order valence-corrected chi connectivity index (χ1v) is 4.57. The predicted molar refractivity (Wildman–Crippen MR) is 54.2 cm³/mol. The summed E-state index contributed by atoms with van der Waals surface area (Å²) in [5, 5.41) is 25.2. The smallest absolute Gasteiger partial charge is 0.337 e. The van der Waals surface area contributed by atoms with Crippen LogP contribution in [-0.2, 0) is 6.61 Å². The van der Waals surface area contributed by atoms with Crippen LogP contribution in [0.1, 0.15) is 16.1 Å². The topological polar surface area (TPSA) is 88.2 Å². The number of rotatable bonds is 3. The number of carboxylic acid groups (broad SMARTS) is 1. The normalized spacial score (nSPS) is 10.3. The summed E-state index contributed by atoms with van der Waals surface area (Å²) in [4.78, 5) is 11.0. The molecule has 2 N–H and O–H groups in total. The average Bonchev–Trinajstić information content (AvgIpc) is 2.77. The van der Waals surface area contributed by atoms with Gasteiger partial charge in [-0.1, -0.05) is 17.3 Å². The molecule has 0 atom stereocenters. The van der Waals surface area contributed by atoms with Gasteiger partial charge in [0.15, 0.2) is 0 Å². The molecule has 1 aromatic carbocycles. The largest absolute Gasteiger partial charge is 0.478 e. The molecule has 0 amide bonds. The van der Waals surface area contributed by atoms with Gasteiger partial charge in [-0.3, -0.25) is 0 Å². The molecule has 0 saturated carbocycles. The molecular formula is C10H9N3O3. The van der Waals surface area contributed by atoms with Crippen LogP contribution in [0.4, 0.5) is 0 Å². The maximum atomic E-state index is 11.0. The van der Waals surface area contributed by atoms with Crippen LogP contribution in [0.25, 0.3) is 5.69 Å². The molecular weight excluding hydrogens is 210 g/mol. The van der Waals surface area contributed by atoms with Crippen molar-refractivity contribution in [2.45, 2.75) is 6.61 Å². The molecule has 0 spiro atoms. The summed E-state index contributed by atoms with van der Waals surface area (Å²) < 4.78 is 1.33. The van der Waals surface area contributed by atoms with Gasteiger partial charge in [0.05, 0.1) is 24.1 Å². The van der Waals surface area contributed by atoms with E-state index >= 15 is 0 Å². The maximum absolute atomic E-state index is 11.0. The summed E-state index contributed by atoms with van der Waals surface area (Å²) in [6, 6.07) is 6.45. The molecule has 0 saturated heterocycles. The van der Waals surface area contributed by atoms with E-state index in [1.807, 2.05) is 0 Å². The van der Waals surface area contributed by atoms with Gasteiger partial charge in [-0.15, -0.1) is 5.10 Å². The number of carboxylic acids is 1. The lowest BCUT2D eigenvalue weighted by atomic mass is 10.2. The highest BCUT2D eigenvalue weighted by Crippen LogP contribution is 2.13. The van der Waals surface area contributed by atoms with E-state index in [2.05, 4.69) is 10.3 Å². The minimum absolute atomic E-state index is 0.136. The zero-order chi connectivity index (χ0) is 11.5. The standard InChI is InChI=1S/C10H9N3O3/c14-6-7-5-13(12-11-7)9-4-2-1-3-8(9)10(15)16/h1-5,14H,6H2,(H,15,16). The second-order valence-corrected chi connectivity index (χ2v) is 3.13. The van der Waals surface area contributed by atoms with Crippen LogP contribution in [0.2, 0.25) is 0 Å². The third kappa shape index (κ3) is 1.78. The Morgan fingerprint density at radius 2 is 2.12 bits per heavy atom. The van der Waals surface area contributed by atoms with Gasteiger partial charge in [-0.05, 0) is 12.1 Å². The van der Waals surface area contributed by atoms with E-state index in [1.54, 1.807) is 18.2 Å². The molecule has 1 heterocycles. The Labute approximate surface area is 90.8 Å². The van der Waals surface area contributed by atoms with Crippen LogP contribution in [0.15, 0.2) is 30.5 Å². The average molecular weight is 219 g/mol. The Kier molecular flexibility index (Phi) is 2.65. The van der Waals surface area contributed by atoms with E-state index in [4.69, 9.17) is 10.2 Å². The van der Waals surface area contributed by atoms with Crippen molar-refractivity contribution in [3.05, 3.63) is 41.7 Å². The molecule has 0 radical (unpaired) electrons. The number of benzene rings is 1. The number of carbonyl (C=O) groups is 1. The Balaban J connectivity index is 2.50. The second kappa shape index (κ2) is 4.11. The van der Waals surface area contributed by atoms with E-state index in [9.17, 15) is 4.79 Å². The molecule has 0 unspecified atom stereocenters. The predicted octanol–water partition coefficient (Wildman–Crippen LogP) is 0.458. The summed E-state index contributed by atoms with van der Waals surface area (Å²) in [6.45, 7) is -0.227. The third-order valence-corrected chi connectivity index (χ3v) is 2.08. The zero-order valence-electron chi connectivity index (χ0n) is 8.24. The fraction of sp³-hybridized carbons (Fsp3) is 0.100. The summed E-state index contributed by atoms with van der Waals surface area (Å²) in [5.74, 6) is -1.03. The van der Waals surface area contributed by atoms with Crippen LogP contribution in [0.5, 0.6) is 0 Å². The Hall–Kier alpha value is -2.21. The zero-order valence-corrected chi connectivity index (χ0v) is 8.24. The van der Waals surface area contributed by atoms with Gasteiger partial charge >= 0.3 is 5.97 Å². The molecule has 0 bridgehead atoms. The number of aromatic carboxylic acids is 1. The number of aliphatic hydroxyl groups excluding tert-OH is 1. The van der Waals surface area contributed by atoms with E-state index in [-0.39, 0.29) is 12.2 Å². The molecule has 82 valence electrons. The molecule has 6 heteroatoms. The SMILES string of the molecule is O=C(O)c1ccccc1-n1cc(CO)nn1. The number of aromatic nitrogens is 3. The molecule has 0 fully saturated rings. The lowest BCUT2D eigenvalue weighted by molar-refractivity contribution is 0.0696. The highest BCUT2D eigenvalue weighted by atomic mass is 16.4. The van der Waals surface area contributed by atoms with Crippen molar-refractivity contribution in [3.63, 3.8) is 0 Å². The Morgan fingerprint density at radius 3 is 2.75 bits per heavy atom. The quantitative estimate of drug-likeness (QED) is 0.782. The van der Waals surface area contributed by atoms with Crippen molar-refractivity contribution in [2.75, 3.05) is 0 Å². The molecule has 6 nitrogen and oxygen atoms in total. The van der Waals surface area contributed by atoms with Gasteiger partial charge in [0.2, 0.25) is 0 Å². The first-order chi connectivity index (χ1) is 7.72. The van der Waals surface area contributed by atoms with Crippen LogP contribution in [-0.4, -0.2) is 31.2 Å². The molecule has 1 aromatic heterocycles. The second-order valence-electron chi connectivity index (χ2n) is 3.13. The molecule has 0 aliphatic rings. The minimum Gasteiger partial charge on any atom is -0.478 e. The van der Waals surface area contributed by atoms with Gasteiger partial charge in [-0.2, -0.15) is 0 Å². The minimum atomic E-state index is -1.03. The number of hydrogen-bond donors (Lipinski definition) is 2. The Morgan fingerprint density at radius 1 is 1.38 bits per heavy atom. The summed E-state index contributed by atoms with van der Waals surface area (Å²) in [5.41, 5.74) is 0.944. The molecule has 16 heavy (non-hydrogen) atoms. The summed E-state index contributed by atoms with van der Waals surface area (Å²) in [6.07, 6.45) is 1.49.